The first-order valence-corrected chi connectivity index (χ1v) is 16.1. The molecule has 0 aliphatic heterocycles. The van der Waals surface area contributed by atoms with Gasteiger partial charge in [0.2, 0.25) is 0 Å². The fourth-order valence-corrected chi connectivity index (χ4v) is 7.31. The zero-order valence-electron chi connectivity index (χ0n) is 24.7. The van der Waals surface area contributed by atoms with Gasteiger partial charge in [0, 0.05) is 43.8 Å². The summed E-state index contributed by atoms with van der Waals surface area (Å²) in [6, 6.07) is 44.8. The van der Waals surface area contributed by atoms with Gasteiger partial charge in [-0.2, -0.15) is 0 Å². The number of rotatable bonds is 4. The highest BCUT2D eigenvalue weighted by Crippen LogP contribution is 2.40. The van der Waals surface area contributed by atoms with Crippen molar-refractivity contribution in [2.45, 2.75) is 0 Å². The number of benzene rings is 6. The van der Waals surface area contributed by atoms with E-state index in [9.17, 15) is 0 Å². The quantitative estimate of drug-likeness (QED) is 0.194. The van der Waals surface area contributed by atoms with Gasteiger partial charge in [-0.3, -0.25) is 0 Å². The topological polar surface area (TPSA) is 77.8 Å². The molecule has 0 atom stereocenters. The minimum Gasteiger partial charge on any atom is -0.456 e. The third-order valence-corrected chi connectivity index (χ3v) is 9.67. The summed E-state index contributed by atoms with van der Waals surface area (Å²) in [7, 11) is 0. The number of furan rings is 2. The number of para-hydroxylation sites is 2. The van der Waals surface area contributed by atoms with Crippen molar-refractivity contribution >= 4 is 65.4 Å². The molecule has 0 aliphatic carbocycles. The largest absolute Gasteiger partial charge is 0.456 e. The smallest absolute Gasteiger partial charge is 0.164 e. The first-order valence-electron chi connectivity index (χ1n) is 15.3. The Balaban J connectivity index is 1.16. The van der Waals surface area contributed by atoms with Gasteiger partial charge in [0.15, 0.2) is 17.5 Å². The average Bonchev–Trinajstić information content (AvgIpc) is 3.84. The predicted octanol–water partition coefficient (Wildman–Crippen LogP) is 10.9. The molecule has 220 valence electrons. The minimum absolute atomic E-state index is 0.578. The maximum Gasteiger partial charge on any atom is 0.164 e. The maximum absolute atomic E-state index is 6.46. The lowest BCUT2D eigenvalue weighted by Gasteiger charge is -2.09. The van der Waals surface area contributed by atoms with E-state index in [1.807, 2.05) is 91.0 Å². The van der Waals surface area contributed by atoms with E-state index in [0.717, 1.165) is 81.4 Å². The van der Waals surface area contributed by atoms with Crippen LogP contribution in [-0.2, 0) is 0 Å². The van der Waals surface area contributed by atoms with Crippen LogP contribution in [0.15, 0.2) is 142 Å². The summed E-state index contributed by atoms with van der Waals surface area (Å²) in [6.07, 6.45) is 0. The van der Waals surface area contributed by atoms with Crippen molar-refractivity contribution in [1.29, 1.82) is 0 Å². The Hall–Kier alpha value is -6.18. The van der Waals surface area contributed by atoms with Crippen LogP contribution in [0.3, 0.4) is 0 Å². The van der Waals surface area contributed by atoms with Crippen LogP contribution < -0.4 is 0 Å². The van der Waals surface area contributed by atoms with E-state index in [2.05, 4.69) is 42.5 Å². The van der Waals surface area contributed by atoms with Crippen molar-refractivity contribution in [1.82, 2.24) is 19.9 Å². The first kappa shape index (κ1) is 26.1. The van der Waals surface area contributed by atoms with Crippen LogP contribution in [0.25, 0.3) is 98.8 Å². The first-order chi connectivity index (χ1) is 23.2. The lowest BCUT2D eigenvalue weighted by Crippen LogP contribution is -2.00. The maximum atomic E-state index is 6.46. The number of hydrogen-bond donors (Lipinski definition) is 0. The van der Waals surface area contributed by atoms with E-state index in [1.165, 1.54) is 0 Å². The molecule has 0 bridgehead atoms. The molecule has 6 aromatic carbocycles. The number of fused-ring (bicyclic) bond motifs is 7. The Morgan fingerprint density at radius 3 is 2.06 bits per heavy atom. The highest BCUT2D eigenvalue weighted by molar-refractivity contribution is 7.21. The highest BCUT2D eigenvalue weighted by atomic mass is 32.1. The van der Waals surface area contributed by atoms with Crippen LogP contribution in [0.1, 0.15) is 0 Å². The number of thiazole rings is 1. The Bertz CT molecular complexity index is 2780. The molecule has 0 fully saturated rings. The second-order valence-corrected chi connectivity index (χ2v) is 12.5. The van der Waals surface area contributed by atoms with Gasteiger partial charge in [0.25, 0.3) is 0 Å². The molecule has 6 nitrogen and oxygen atoms in total. The molecule has 0 saturated carbocycles. The molecule has 7 heteroatoms. The van der Waals surface area contributed by atoms with Gasteiger partial charge in [-0.25, -0.2) is 19.9 Å². The van der Waals surface area contributed by atoms with E-state index in [-0.39, 0.29) is 0 Å². The van der Waals surface area contributed by atoms with Crippen LogP contribution in [0.5, 0.6) is 0 Å². The van der Waals surface area contributed by atoms with Gasteiger partial charge in [0.1, 0.15) is 27.3 Å². The summed E-state index contributed by atoms with van der Waals surface area (Å²) < 4.78 is 13.7. The van der Waals surface area contributed by atoms with Crippen LogP contribution in [0, 0.1) is 0 Å². The molecule has 47 heavy (non-hydrogen) atoms. The van der Waals surface area contributed by atoms with Gasteiger partial charge >= 0.3 is 0 Å². The van der Waals surface area contributed by atoms with Crippen molar-refractivity contribution in [3.05, 3.63) is 133 Å². The molecule has 0 amide bonds. The molecular formula is C40H22N4O2S. The fourth-order valence-electron chi connectivity index (χ4n) is 6.35. The highest BCUT2D eigenvalue weighted by Gasteiger charge is 2.19. The SMILES string of the molecule is c1ccc(-c2nc(-c3ccc4oc5ccccc5c4c3)nc(-c3cccc4oc5cc(-c6nc7ccccc7s6)ccc5c34)n2)cc1. The fraction of sp³-hybridized carbons (Fsp3) is 0. The Morgan fingerprint density at radius 1 is 0.426 bits per heavy atom. The second kappa shape index (κ2) is 10.2. The van der Waals surface area contributed by atoms with E-state index in [4.69, 9.17) is 28.8 Å². The van der Waals surface area contributed by atoms with E-state index in [1.54, 1.807) is 11.3 Å². The van der Waals surface area contributed by atoms with Crippen molar-refractivity contribution in [3.63, 3.8) is 0 Å². The molecule has 0 spiro atoms. The summed E-state index contributed by atoms with van der Waals surface area (Å²) >= 11 is 1.68. The Kier molecular flexibility index (Phi) is 5.64. The molecule has 10 rings (SSSR count). The summed E-state index contributed by atoms with van der Waals surface area (Å²) in [5.41, 5.74) is 7.94. The molecular weight excluding hydrogens is 601 g/mol. The van der Waals surface area contributed by atoms with Crippen molar-refractivity contribution in [3.8, 4) is 44.7 Å². The van der Waals surface area contributed by atoms with Gasteiger partial charge in [-0.15, -0.1) is 11.3 Å². The van der Waals surface area contributed by atoms with Gasteiger partial charge in [-0.05, 0) is 54.6 Å². The molecule has 0 saturated heterocycles. The zero-order chi connectivity index (χ0) is 30.9. The normalized spacial score (nSPS) is 11.8. The minimum atomic E-state index is 0.578. The summed E-state index contributed by atoms with van der Waals surface area (Å²) in [5, 5.41) is 5.00. The van der Waals surface area contributed by atoms with Crippen molar-refractivity contribution in [2.75, 3.05) is 0 Å². The van der Waals surface area contributed by atoms with E-state index in [0.29, 0.717) is 17.5 Å². The van der Waals surface area contributed by atoms with Crippen LogP contribution in [-0.4, -0.2) is 19.9 Å². The van der Waals surface area contributed by atoms with E-state index < -0.39 is 0 Å². The molecule has 4 aromatic heterocycles. The molecule has 0 N–H and O–H groups in total. The number of aromatic nitrogens is 4. The van der Waals surface area contributed by atoms with Crippen molar-refractivity contribution < 1.29 is 8.83 Å². The lowest BCUT2D eigenvalue weighted by molar-refractivity contribution is 0.668. The zero-order valence-corrected chi connectivity index (χ0v) is 25.5. The molecule has 0 radical (unpaired) electrons. The summed E-state index contributed by atoms with van der Waals surface area (Å²) in [6.45, 7) is 0. The van der Waals surface area contributed by atoms with Gasteiger partial charge in [0.05, 0.1) is 10.2 Å². The van der Waals surface area contributed by atoms with Crippen molar-refractivity contribution in [2.24, 2.45) is 0 Å². The summed E-state index contributed by atoms with van der Waals surface area (Å²) in [5.74, 6) is 1.77. The van der Waals surface area contributed by atoms with E-state index >= 15 is 0 Å². The van der Waals surface area contributed by atoms with Crippen LogP contribution in [0.2, 0.25) is 0 Å². The average molecular weight is 623 g/mol. The molecule has 10 aromatic rings. The number of hydrogen-bond acceptors (Lipinski definition) is 7. The third kappa shape index (κ3) is 4.25. The molecule has 0 unspecified atom stereocenters. The number of nitrogens with zero attached hydrogens (tertiary/aromatic N) is 4. The summed E-state index contributed by atoms with van der Waals surface area (Å²) in [4.78, 5) is 20.0. The molecule has 0 aliphatic rings. The monoisotopic (exact) mass is 622 g/mol. The van der Waals surface area contributed by atoms with Crippen LogP contribution in [0.4, 0.5) is 0 Å². The van der Waals surface area contributed by atoms with Crippen LogP contribution >= 0.6 is 11.3 Å². The van der Waals surface area contributed by atoms with Gasteiger partial charge in [-0.1, -0.05) is 78.9 Å². The van der Waals surface area contributed by atoms with Gasteiger partial charge < -0.3 is 8.83 Å². The third-order valence-electron chi connectivity index (χ3n) is 8.58. The Labute approximate surface area is 271 Å². The lowest BCUT2D eigenvalue weighted by atomic mass is 10.0. The Morgan fingerprint density at radius 2 is 1.15 bits per heavy atom. The second-order valence-electron chi connectivity index (χ2n) is 11.5. The predicted molar refractivity (Wildman–Crippen MR) is 189 cm³/mol. The molecule has 4 heterocycles. The standard InChI is InChI=1S/C40H22N4O2S/c1-2-9-23(10-3-1)37-42-38(24-18-20-32-29(21-24)26-11-4-6-14-31(26)45-32)44-39(43-37)28-12-8-15-33-36(28)27-19-17-25(22-34(27)46-33)40-41-30-13-5-7-16-35(30)47-40/h1-22H.